The zero-order chi connectivity index (χ0) is 18.1. The van der Waals surface area contributed by atoms with Gasteiger partial charge in [-0.2, -0.15) is 0 Å². The van der Waals surface area contributed by atoms with E-state index < -0.39 is 0 Å². The number of rotatable bonds is 3. The first-order valence-corrected chi connectivity index (χ1v) is 9.89. The molecule has 27 heavy (non-hydrogen) atoms. The molecule has 1 unspecified atom stereocenters. The summed E-state index contributed by atoms with van der Waals surface area (Å²) in [5, 5.41) is 5.94. The van der Waals surface area contributed by atoms with Gasteiger partial charge in [-0.3, -0.25) is 4.90 Å². The van der Waals surface area contributed by atoms with Crippen LogP contribution in [0.3, 0.4) is 0 Å². The lowest BCUT2D eigenvalue weighted by Crippen LogP contribution is -2.49. The highest BCUT2D eigenvalue weighted by Gasteiger charge is 2.29. The minimum atomic E-state index is 0.625. The maximum atomic E-state index is 4.90. The second kappa shape index (κ2) is 7.25. The normalized spacial score (nSPS) is 21.0. The Hall–Kier alpha value is -2.50. The Morgan fingerprint density at radius 1 is 0.926 bits per heavy atom. The van der Waals surface area contributed by atoms with Gasteiger partial charge in [-0.05, 0) is 29.3 Å². The molecule has 2 fully saturated rings. The van der Waals surface area contributed by atoms with Gasteiger partial charge in [0.15, 0.2) is 0 Å². The molecule has 1 aromatic heterocycles. The van der Waals surface area contributed by atoms with Crippen molar-refractivity contribution in [2.24, 2.45) is 0 Å². The Labute approximate surface area is 160 Å². The van der Waals surface area contributed by atoms with Crippen molar-refractivity contribution in [1.82, 2.24) is 20.2 Å². The Morgan fingerprint density at radius 2 is 1.78 bits per heavy atom. The smallest absolute Gasteiger partial charge is 0.225 e. The summed E-state index contributed by atoms with van der Waals surface area (Å²) in [5.74, 6) is 0.860. The van der Waals surface area contributed by atoms with Crippen LogP contribution in [-0.2, 0) is 0 Å². The molecule has 0 bridgehead atoms. The van der Waals surface area contributed by atoms with Crippen LogP contribution in [0.5, 0.6) is 0 Å². The van der Waals surface area contributed by atoms with Gasteiger partial charge in [-0.25, -0.2) is 9.97 Å². The van der Waals surface area contributed by atoms with Gasteiger partial charge >= 0.3 is 0 Å². The van der Waals surface area contributed by atoms with E-state index in [1.807, 2.05) is 12.3 Å². The summed E-state index contributed by atoms with van der Waals surface area (Å²) in [5.41, 5.74) is 2.14. The van der Waals surface area contributed by atoms with Crippen LogP contribution >= 0.6 is 0 Å². The number of nitrogens with one attached hydrogen (secondary N) is 1. The van der Waals surface area contributed by atoms with Crippen LogP contribution in [0.2, 0.25) is 0 Å². The molecule has 2 aliphatic heterocycles. The van der Waals surface area contributed by atoms with Crippen molar-refractivity contribution >= 4 is 16.7 Å². The number of hydrogen-bond acceptors (Lipinski definition) is 5. The molecule has 5 heteroatoms. The van der Waals surface area contributed by atoms with Crippen LogP contribution in [0, 0.1) is 0 Å². The highest BCUT2D eigenvalue weighted by Crippen LogP contribution is 2.26. The van der Waals surface area contributed by atoms with Crippen LogP contribution in [0.15, 0.2) is 54.7 Å². The van der Waals surface area contributed by atoms with E-state index in [1.165, 1.54) is 17.2 Å². The van der Waals surface area contributed by atoms with Crippen molar-refractivity contribution < 1.29 is 0 Å². The van der Waals surface area contributed by atoms with E-state index in [4.69, 9.17) is 4.98 Å². The van der Waals surface area contributed by atoms with Crippen LogP contribution in [0.1, 0.15) is 6.42 Å². The maximum Gasteiger partial charge on any atom is 0.225 e. The zero-order valence-corrected chi connectivity index (χ0v) is 15.5. The maximum absolute atomic E-state index is 4.90. The van der Waals surface area contributed by atoms with Crippen LogP contribution in [-0.4, -0.2) is 60.2 Å². The highest BCUT2D eigenvalue weighted by atomic mass is 15.3. The molecular formula is C22H25N5. The van der Waals surface area contributed by atoms with Crippen molar-refractivity contribution in [3.63, 3.8) is 0 Å². The molecule has 1 atom stereocenters. The summed E-state index contributed by atoms with van der Waals surface area (Å²) in [6, 6.07) is 17.6. The Balaban J connectivity index is 1.37. The molecular weight excluding hydrogens is 334 g/mol. The van der Waals surface area contributed by atoms with E-state index >= 15 is 0 Å². The van der Waals surface area contributed by atoms with Gasteiger partial charge in [-0.1, -0.05) is 36.4 Å². The average molecular weight is 359 g/mol. The summed E-state index contributed by atoms with van der Waals surface area (Å²) < 4.78 is 0. The molecule has 5 rings (SSSR count). The van der Waals surface area contributed by atoms with Gasteiger partial charge in [0.05, 0.1) is 5.69 Å². The fourth-order valence-electron chi connectivity index (χ4n) is 4.28. The third kappa shape index (κ3) is 3.40. The molecule has 5 nitrogen and oxygen atoms in total. The first-order valence-electron chi connectivity index (χ1n) is 9.89. The third-order valence-corrected chi connectivity index (χ3v) is 5.80. The summed E-state index contributed by atoms with van der Waals surface area (Å²) in [6.45, 7) is 6.57. The van der Waals surface area contributed by atoms with Gasteiger partial charge in [-0.15, -0.1) is 0 Å². The molecule has 138 valence electrons. The van der Waals surface area contributed by atoms with E-state index in [0.717, 1.165) is 56.5 Å². The molecule has 0 amide bonds. The second-order valence-electron chi connectivity index (χ2n) is 7.48. The van der Waals surface area contributed by atoms with Crippen molar-refractivity contribution in [3.05, 3.63) is 54.7 Å². The lowest BCUT2D eigenvalue weighted by Gasteiger charge is -2.32. The number of hydrogen-bond donors (Lipinski definition) is 1. The van der Waals surface area contributed by atoms with E-state index in [-0.39, 0.29) is 0 Å². The molecule has 0 saturated carbocycles. The Morgan fingerprint density at radius 3 is 2.67 bits per heavy atom. The van der Waals surface area contributed by atoms with E-state index in [0.29, 0.717) is 6.04 Å². The largest absolute Gasteiger partial charge is 0.339 e. The minimum Gasteiger partial charge on any atom is -0.339 e. The van der Waals surface area contributed by atoms with Crippen molar-refractivity contribution in [2.45, 2.75) is 12.5 Å². The SMILES string of the molecule is c1ccc2cc(-c3ccnc(N4CCC(N5CCNCC5)C4)n3)ccc2c1. The predicted molar refractivity (Wildman–Crippen MR) is 110 cm³/mol. The van der Waals surface area contributed by atoms with Gasteiger partial charge in [0.25, 0.3) is 0 Å². The molecule has 2 saturated heterocycles. The molecule has 0 radical (unpaired) electrons. The van der Waals surface area contributed by atoms with Gasteiger partial charge in [0.2, 0.25) is 5.95 Å². The number of fused-ring (bicyclic) bond motifs is 1. The second-order valence-corrected chi connectivity index (χ2v) is 7.48. The molecule has 2 aliphatic rings. The molecule has 1 N–H and O–H groups in total. The van der Waals surface area contributed by atoms with Crippen molar-refractivity contribution in [3.8, 4) is 11.3 Å². The van der Waals surface area contributed by atoms with Crippen molar-refractivity contribution in [1.29, 1.82) is 0 Å². The molecule has 0 aliphatic carbocycles. The minimum absolute atomic E-state index is 0.625. The monoisotopic (exact) mass is 359 g/mol. The molecule has 2 aromatic carbocycles. The number of aromatic nitrogens is 2. The summed E-state index contributed by atoms with van der Waals surface area (Å²) in [4.78, 5) is 14.4. The van der Waals surface area contributed by atoms with Crippen LogP contribution < -0.4 is 10.2 Å². The van der Waals surface area contributed by atoms with Gasteiger partial charge in [0, 0.05) is 57.1 Å². The number of piperazine rings is 1. The molecule has 0 spiro atoms. The first-order chi connectivity index (χ1) is 13.4. The lowest BCUT2D eigenvalue weighted by atomic mass is 10.1. The van der Waals surface area contributed by atoms with Crippen LogP contribution in [0.25, 0.3) is 22.0 Å². The summed E-state index contributed by atoms with van der Waals surface area (Å²) >= 11 is 0. The summed E-state index contributed by atoms with van der Waals surface area (Å²) in [7, 11) is 0. The Kier molecular flexibility index (Phi) is 4.47. The first kappa shape index (κ1) is 16.7. The average Bonchev–Trinajstić information content (AvgIpc) is 3.25. The van der Waals surface area contributed by atoms with Gasteiger partial charge in [0.1, 0.15) is 0 Å². The fraction of sp³-hybridized carbons (Fsp3) is 0.364. The lowest BCUT2D eigenvalue weighted by molar-refractivity contribution is 0.185. The number of nitrogens with zero attached hydrogens (tertiary/aromatic N) is 4. The fourth-order valence-corrected chi connectivity index (χ4v) is 4.28. The predicted octanol–water partition coefficient (Wildman–Crippen LogP) is 2.78. The standard InChI is InChI=1S/C22H25N5/c1-2-4-18-15-19(6-5-17(18)3-1)21-7-9-24-22(25-21)27-12-8-20(16-27)26-13-10-23-11-14-26/h1-7,9,15,20,23H,8,10-14,16H2. The number of benzene rings is 2. The highest BCUT2D eigenvalue weighted by molar-refractivity contribution is 5.86. The summed E-state index contributed by atoms with van der Waals surface area (Å²) in [6.07, 6.45) is 3.09. The van der Waals surface area contributed by atoms with E-state index in [9.17, 15) is 0 Å². The zero-order valence-electron chi connectivity index (χ0n) is 15.5. The van der Waals surface area contributed by atoms with E-state index in [1.54, 1.807) is 0 Å². The topological polar surface area (TPSA) is 44.3 Å². The van der Waals surface area contributed by atoms with E-state index in [2.05, 4.69) is 62.6 Å². The van der Waals surface area contributed by atoms with Crippen LogP contribution in [0.4, 0.5) is 5.95 Å². The Bertz CT molecular complexity index is 935. The number of anilines is 1. The van der Waals surface area contributed by atoms with Gasteiger partial charge < -0.3 is 10.2 Å². The quantitative estimate of drug-likeness (QED) is 0.779. The third-order valence-electron chi connectivity index (χ3n) is 5.80. The molecule has 3 heterocycles. The molecule has 3 aromatic rings. The van der Waals surface area contributed by atoms with Crippen molar-refractivity contribution in [2.75, 3.05) is 44.2 Å².